The van der Waals surface area contributed by atoms with Crippen LogP contribution >= 0.6 is 11.3 Å². The van der Waals surface area contributed by atoms with Crippen LogP contribution < -0.4 is 10.6 Å². The second-order valence-corrected chi connectivity index (χ2v) is 8.89. The van der Waals surface area contributed by atoms with Crippen LogP contribution in [0.2, 0.25) is 0 Å². The zero-order valence-corrected chi connectivity index (χ0v) is 19.4. The highest BCUT2D eigenvalue weighted by Crippen LogP contribution is 2.44. The van der Waals surface area contributed by atoms with E-state index in [2.05, 4.69) is 27.8 Å². The summed E-state index contributed by atoms with van der Waals surface area (Å²) in [5.74, 6) is -1.37. The quantitative estimate of drug-likeness (QED) is 0.431. The highest BCUT2D eigenvalue weighted by atomic mass is 32.1. The number of nitrogens with zero attached hydrogens (tertiary/aromatic N) is 1. The Kier molecular flexibility index (Phi) is 7.22. The van der Waals surface area contributed by atoms with E-state index >= 15 is 0 Å². The van der Waals surface area contributed by atoms with Gasteiger partial charge in [-0.15, -0.1) is 11.3 Å². The van der Waals surface area contributed by atoms with Gasteiger partial charge in [-0.2, -0.15) is 0 Å². The molecule has 0 spiro atoms. The van der Waals surface area contributed by atoms with E-state index < -0.39 is 18.1 Å². The van der Waals surface area contributed by atoms with Crippen molar-refractivity contribution in [2.75, 3.05) is 6.61 Å². The summed E-state index contributed by atoms with van der Waals surface area (Å²) in [6.07, 6.45) is -0.425. The SMILES string of the molecule is CC[C@H](NC(=O)OCC1c2ccccc2-c2ccccc21)C(=O)NCc1nc(CC(=O)O)cs1. The minimum absolute atomic E-state index is 0.0584. The molecule has 0 unspecified atom stereocenters. The number of amides is 2. The predicted molar refractivity (Wildman–Crippen MR) is 128 cm³/mol. The summed E-state index contributed by atoms with van der Waals surface area (Å²) in [7, 11) is 0. The molecule has 1 aromatic heterocycles. The van der Waals surface area contributed by atoms with Crippen LogP contribution in [0.4, 0.5) is 4.79 Å². The van der Waals surface area contributed by atoms with Crippen molar-refractivity contribution >= 4 is 29.3 Å². The third-order valence-corrected chi connectivity index (χ3v) is 6.60. The fourth-order valence-electron chi connectivity index (χ4n) is 4.09. The van der Waals surface area contributed by atoms with E-state index in [4.69, 9.17) is 9.84 Å². The summed E-state index contributed by atoms with van der Waals surface area (Å²) in [5, 5.41) is 16.5. The molecule has 3 aromatic rings. The Labute approximate surface area is 201 Å². The lowest BCUT2D eigenvalue weighted by Gasteiger charge is -2.18. The number of carbonyl (C=O) groups excluding carboxylic acids is 2. The van der Waals surface area contributed by atoms with Gasteiger partial charge in [0, 0.05) is 11.3 Å². The lowest BCUT2D eigenvalue weighted by molar-refractivity contribution is -0.136. The molecule has 0 radical (unpaired) electrons. The van der Waals surface area contributed by atoms with Gasteiger partial charge in [0.15, 0.2) is 0 Å². The summed E-state index contributed by atoms with van der Waals surface area (Å²) >= 11 is 1.28. The molecule has 1 aliphatic carbocycles. The van der Waals surface area contributed by atoms with E-state index in [1.54, 1.807) is 12.3 Å². The molecule has 8 nitrogen and oxygen atoms in total. The smallest absolute Gasteiger partial charge is 0.407 e. The maximum atomic E-state index is 12.6. The number of ether oxygens (including phenoxy) is 1. The molecule has 0 saturated heterocycles. The predicted octanol–water partition coefficient (Wildman–Crippen LogP) is 3.70. The van der Waals surface area contributed by atoms with Gasteiger partial charge in [-0.3, -0.25) is 9.59 Å². The van der Waals surface area contributed by atoms with Gasteiger partial charge in [-0.1, -0.05) is 55.5 Å². The number of thiazole rings is 1. The van der Waals surface area contributed by atoms with E-state index in [1.807, 2.05) is 36.4 Å². The zero-order valence-electron chi connectivity index (χ0n) is 18.6. The van der Waals surface area contributed by atoms with Crippen LogP contribution in [0.1, 0.15) is 41.1 Å². The lowest BCUT2D eigenvalue weighted by atomic mass is 9.98. The standard InChI is InChI=1S/C25H25N3O5S/c1-2-21(24(31)26-12-22-27-15(14-34-22)11-23(29)30)28-25(32)33-13-20-18-9-5-3-7-16(18)17-8-4-6-10-19(17)20/h3-10,14,20-21H,2,11-13H2,1H3,(H,26,31)(H,28,32)(H,29,30)/t21-/m0/s1. The van der Waals surface area contributed by atoms with Gasteiger partial charge in [0.25, 0.3) is 0 Å². The van der Waals surface area contributed by atoms with Gasteiger partial charge in [0.2, 0.25) is 5.91 Å². The van der Waals surface area contributed by atoms with Crippen molar-refractivity contribution in [2.45, 2.75) is 38.3 Å². The van der Waals surface area contributed by atoms with Crippen LogP contribution in [0.3, 0.4) is 0 Å². The van der Waals surface area contributed by atoms with Crippen molar-refractivity contribution in [1.29, 1.82) is 0 Å². The van der Waals surface area contributed by atoms with Crippen LogP contribution in [0.5, 0.6) is 0 Å². The highest BCUT2D eigenvalue weighted by Gasteiger charge is 2.29. The Balaban J connectivity index is 1.31. The van der Waals surface area contributed by atoms with E-state index in [0.717, 1.165) is 22.3 Å². The van der Waals surface area contributed by atoms with Gasteiger partial charge < -0.3 is 20.5 Å². The van der Waals surface area contributed by atoms with Crippen molar-refractivity contribution in [2.24, 2.45) is 0 Å². The van der Waals surface area contributed by atoms with Crippen molar-refractivity contribution in [3.8, 4) is 11.1 Å². The fraction of sp³-hybridized carbons (Fsp3) is 0.280. The van der Waals surface area contributed by atoms with E-state index in [0.29, 0.717) is 17.1 Å². The lowest BCUT2D eigenvalue weighted by Crippen LogP contribution is -2.46. The Morgan fingerprint density at radius 1 is 1.09 bits per heavy atom. The summed E-state index contributed by atoms with van der Waals surface area (Å²) in [5.41, 5.74) is 4.97. The van der Waals surface area contributed by atoms with Gasteiger partial charge in [0.05, 0.1) is 18.7 Å². The number of nitrogens with one attached hydrogen (secondary N) is 2. The van der Waals surface area contributed by atoms with Gasteiger partial charge in [-0.05, 0) is 28.7 Å². The first kappa shape index (κ1) is 23.4. The molecule has 0 aliphatic heterocycles. The largest absolute Gasteiger partial charge is 0.481 e. The van der Waals surface area contributed by atoms with E-state index in [-0.39, 0.29) is 31.4 Å². The van der Waals surface area contributed by atoms with Crippen LogP contribution in [0, 0.1) is 0 Å². The second-order valence-electron chi connectivity index (χ2n) is 7.95. The van der Waals surface area contributed by atoms with Crippen LogP contribution in [-0.2, 0) is 27.3 Å². The summed E-state index contributed by atoms with van der Waals surface area (Å²) in [4.78, 5) is 40.0. The molecule has 1 aliphatic rings. The molecule has 3 N–H and O–H groups in total. The number of carboxylic acid groups (broad SMARTS) is 1. The van der Waals surface area contributed by atoms with Gasteiger partial charge >= 0.3 is 12.1 Å². The number of hydrogen-bond donors (Lipinski definition) is 3. The second kappa shape index (κ2) is 10.5. The maximum absolute atomic E-state index is 12.6. The number of aromatic nitrogens is 1. The Hall–Kier alpha value is -3.72. The van der Waals surface area contributed by atoms with Crippen molar-refractivity contribution in [1.82, 2.24) is 15.6 Å². The number of carboxylic acids is 1. The van der Waals surface area contributed by atoms with Crippen molar-refractivity contribution in [3.05, 3.63) is 75.7 Å². The summed E-state index contributed by atoms with van der Waals surface area (Å²) in [6, 6.07) is 15.4. The molecular weight excluding hydrogens is 454 g/mol. The topological polar surface area (TPSA) is 118 Å². The number of fused-ring (bicyclic) bond motifs is 3. The first-order valence-corrected chi connectivity index (χ1v) is 11.9. The molecule has 1 atom stereocenters. The minimum Gasteiger partial charge on any atom is -0.481 e. The molecule has 1 heterocycles. The van der Waals surface area contributed by atoms with Crippen LogP contribution in [0.25, 0.3) is 11.1 Å². The molecule has 176 valence electrons. The molecule has 0 bridgehead atoms. The third kappa shape index (κ3) is 5.26. The number of hydrogen-bond acceptors (Lipinski definition) is 6. The zero-order chi connectivity index (χ0) is 24.1. The summed E-state index contributed by atoms with van der Waals surface area (Å²) < 4.78 is 5.53. The highest BCUT2D eigenvalue weighted by molar-refractivity contribution is 7.09. The van der Waals surface area contributed by atoms with E-state index in [1.165, 1.54) is 11.3 Å². The molecule has 9 heteroatoms. The molecular formula is C25H25N3O5S. The molecule has 4 rings (SSSR count). The first-order chi connectivity index (χ1) is 16.5. The number of alkyl carbamates (subject to hydrolysis) is 1. The Morgan fingerprint density at radius 3 is 2.35 bits per heavy atom. The number of aliphatic carboxylic acids is 1. The average Bonchev–Trinajstić information content (AvgIpc) is 3.41. The average molecular weight is 480 g/mol. The minimum atomic E-state index is -0.959. The number of benzene rings is 2. The van der Waals surface area contributed by atoms with Crippen molar-refractivity contribution in [3.63, 3.8) is 0 Å². The maximum Gasteiger partial charge on any atom is 0.407 e. The third-order valence-electron chi connectivity index (χ3n) is 5.71. The molecule has 2 aromatic carbocycles. The van der Waals surface area contributed by atoms with Crippen LogP contribution in [-0.4, -0.2) is 40.7 Å². The summed E-state index contributed by atoms with van der Waals surface area (Å²) in [6.45, 7) is 2.12. The molecule has 34 heavy (non-hydrogen) atoms. The van der Waals surface area contributed by atoms with Gasteiger partial charge in [-0.25, -0.2) is 9.78 Å². The van der Waals surface area contributed by atoms with Crippen molar-refractivity contribution < 1.29 is 24.2 Å². The molecule has 0 saturated carbocycles. The van der Waals surface area contributed by atoms with Crippen LogP contribution in [0.15, 0.2) is 53.9 Å². The number of carbonyl (C=O) groups is 3. The monoisotopic (exact) mass is 479 g/mol. The Bertz CT molecular complexity index is 1160. The fourth-order valence-corrected chi connectivity index (χ4v) is 4.82. The van der Waals surface area contributed by atoms with Gasteiger partial charge in [0.1, 0.15) is 17.7 Å². The normalized spacial score (nSPS) is 13.0. The Morgan fingerprint density at radius 2 is 1.74 bits per heavy atom. The molecule has 2 amide bonds. The first-order valence-electron chi connectivity index (χ1n) is 11.0. The number of rotatable bonds is 9. The van der Waals surface area contributed by atoms with E-state index in [9.17, 15) is 14.4 Å². The molecule has 0 fully saturated rings.